The number of carbonyl (C=O) groups excluding carboxylic acids is 6. The molecule has 1 aromatic rings. The molecule has 1 rings (SSSR count). The number of nitrogens with two attached hydrogens (primary N) is 1. The van der Waals surface area contributed by atoms with Crippen LogP contribution in [0.15, 0.2) is 42.5 Å². The lowest BCUT2D eigenvalue weighted by molar-refractivity contribution is -0.141. The van der Waals surface area contributed by atoms with Crippen LogP contribution in [-0.4, -0.2) is 53.9 Å². The van der Waals surface area contributed by atoms with Crippen molar-refractivity contribution in [3.05, 3.63) is 48.0 Å². The predicted molar refractivity (Wildman–Crippen MR) is 174 cm³/mol. The van der Waals surface area contributed by atoms with Crippen molar-refractivity contribution in [1.82, 2.24) is 21.3 Å². The van der Waals surface area contributed by atoms with Crippen LogP contribution in [0.1, 0.15) is 92.2 Å². The zero-order chi connectivity index (χ0) is 34.1. The van der Waals surface area contributed by atoms with E-state index in [1.165, 1.54) is 0 Å². The third-order valence-electron chi connectivity index (χ3n) is 7.21. The van der Waals surface area contributed by atoms with Gasteiger partial charge in [0.2, 0.25) is 29.4 Å². The summed E-state index contributed by atoms with van der Waals surface area (Å²) in [7, 11) is 0. The van der Waals surface area contributed by atoms with Gasteiger partial charge in [-0.1, -0.05) is 97.4 Å². The van der Waals surface area contributed by atoms with Crippen LogP contribution in [0.25, 0.3) is 0 Å². The molecule has 0 aliphatic rings. The van der Waals surface area contributed by atoms with Gasteiger partial charge in [0.25, 0.3) is 5.91 Å². The molecule has 4 atom stereocenters. The minimum atomic E-state index is -1.15. The average Bonchev–Trinajstić information content (AvgIpc) is 2.97. The van der Waals surface area contributed by atoms with Gasteiger partial charge in [-0.05, 0) is 49.0 Å². The summed E-state index contributed by atoms with van der Waals surface area (Å²) in [5.74, 6) is -4.01. The van der Waals surface area contributed by atoms with E-state index in [2.05, 4.69) is 41.2 Å². The molecule has 0 aliphatic carbocycles. The van der Waals surface area contributed by atoms with Crippen LogP contribution in [0.3, 0.4) is 0 Å². The van der Waals surface area contributed by atoms with Gasteiger partial charge in [-0.3, -0.25) is 28.8 Å². The lowest BCUT2D eigenvalue weighted by Gasteiger charge is -2.26. The van der Waals surface area contributed by atoms with Crippen LogP contribution in [-0.2, 0) is 28.8 Å². The normalized spacial score (nSPS) is 14.1. The molecular weight excluding hydrogens is 574 g/mol. The number of nitrogens with one attached hydrogen (secondary N) is 4. The van der Waals surface area contributed by atoms with Crippen molar-refractivity contribution in [2.45, 2.75) is 98.7 Å². The summed E-state index contributed by atoms with van der Waals surface area (Å²) in [6, 6.07) is 5.20. The Kier molecular flexibility index (Phi) is 17.4. The zero-order valence-corrected chi connectivity index (χ0v) is 27.9. The van der Waals surface area contributed by atoms with Crippen molar-refractivity contribution in [3.63, 3.8) is 0 Å². The average molecular weight is 628 g/mol. The molecule has 5 amide bonds. The quantitative estimate of drug-likeness (QED) is 0.110. The Morgan fingerprint density at radius 3 is 1.91 bits per heavy atom. The largest absolute Gasteiger partial charge is 0.368 e. The van der Waals surface area contributed by atoms with Gasteiger partial charge >= 0.3 is 0 Å². The fraction of sp³-hybridized carbons (Fsp3) is 0.588. The number of ketones is 1. The van der Waals surface area contributed by atoms with Gasteiger partial charge in [-0.2, -0.15) is 0 Å². The van der Waals surface area contributed by atoms with E-state index in [0.29, 0.717) is 30.7 Å². The Bertz CT molecular complexity index is 1160. The van der Waals surface area contributed by atoms with Crippen molar-refractivity contribution in [2.75, 3.05) is 6.54 Å². The standard InChI is InChI=1S/C34H53N5O6/c1-8-14-26(30(41)34(45)36-20-28(40)39-29(31(35)42)24-16-10-9-11-17-24)37-33(44)27(19-22(4)5)38-32(43)25(23(6)7)18-13-12-15-21(2)3/h9-13,16-17,21-23,25-27,29H,8,14-15,18-20H2,1-7H3,(H2,35,42)(H,36,45)(H,37,44)(H,38,43)(H,39,40)/b13-12+/t25-,26?,27+,29+/m1/s1. The highest BCUT2D eigenvalue weighted by Crippen LogP contribution is 2.18. The Morgan fingerprint density at radius 2 is 1.38 bits per heavy atom. The molecule has 0 heterocycles. The molecule has 6 N–H and O–H groups in total. The number of amides is 5. The van der Waals surface area contributed by atoms with Crippen LogP contribution < -0.4 is 27.0 Å². The van der Waals surface area contributed by atoms with Gasteiger partial charge in [-0.25, -0.2) is 0 Å². The molecule has 0 bridgehead atoms. The number of Topliss-reactive ketones (excluding diaryl/α,β-unsaturated/α-hetero) is 1. The lowest BCUT2D eigenvalue weighted by Crippen LogP contribution is -2.55. The third-order valence-corrected chi connectivity index (χ3v) is 7.21. The van der Waals surface area contributed by atoms with Crippen LogP contribution in [0.5, 0.6) is 0 Å². The second-order valence-electron chi connectivity index (χ2n) is 12.6. The van der Waals surface area contributed by atoms with Crippen LogP contribution in [0, 0.1) is 23.7 Å². The highest BCUT2D eigenvalue weighted by atomic mass is 16.2. The van der Waals surface area contributed by atoms with Crippen molar-refractivity contribution in [2.24, 2.45) is 29.4 Å². The van der Waals surface area contributed by atoms with E-state index < -0.39 is 54.1 Å². The maximum atomic E-state index is 13.4. The second-order valence-corrected chi connectivity index (χ2v) is 12.6. The summed E-state index contributed by atoms with van der Waals surface area (Å²) in [4.78, 5) is 76.9. The Hall–Kier alpha value is -4.02. The molecule has 0 spiro atoms. The first kappa shape index (κ1) is 39.0. The Morgan fingerprint density at radius 1 is 0.778 bits per heavy atom. The number of rotatable bonds is 20. The van der Waals surface area contributed by atoms with E-state index in [1.807, 2.05) is 33.8 Å². The van der Waals surface area contributed by atoms with Crippen molar-refractivity contribution in [1.29, 1.82) is 0 Å². The topological polar surface area (TPSA) is 177 Å². The van der Waals surface area contributed by atoms with Gasteiger partial charge in [0, 0.05) is 5.92 Å². The molecule has 11 heteroatoms. The van der Waals surface area contributed by atoms with Crippen LogP contribution in [0.4, 0.5) is 0 Å². The van der Waals surface area contributed by atoms with Gasteiger partial charge < -0.3 is 27.0 Å². The van der Waals surface area contributed by atoms with Crippen molar-refractivity contribution < 1.29 is 28.8 Å². The fourth-order valence-electron chi connectivity index (χ4n) is 4.69. The van der Waals surface area contributed by atoms with E-state index in [4.69, 9.17) is 5.73 Å². The molecule has 0 radical (unpaired) electrons. The summed E-state index contributed by atoms with van der Waals surface area (Å²) >= 11 is 0. The van der Waals surface area contributed by atoms with E-state index in [9.17, 15) is 28.8 Å². The van der Waals surface area contributed by atoms with E-state index >= 15 is 0 Å². The molecule has 0 aliphatic heterocycles. The summed E-state index contributed by atoms with van der Waals surface area (Å²) in [6.45, 7) is 13.2. The maximum Gasteiger partial charge on any atom is 0.290 e. The number of carbonyl (C=O) groups is 6. The minimum Gasteiger partial charge on any atom is -0.368 e. The molecule has 0 saturated heterocycles. The molecule has 1 unspecified atom stereocenters. The molecule has 250 valence electrons. The number of benzene rings is 1. The van der Waals surface area contributed by atoms with E-state index in [-0.39, 0.29) is 30.1 Å². The molecule has 1 aromatic carbocycles. The Balaban J connectivity index is 2.91. The van der Waals surface area contributed by atoms with Crippen LogP contribution in [0.2, 0.25) is 0 Å². The van der Waals surface area contributed by atoms with E-state index in [1.54, 1.807) is 37.3 Å². The van der Waals surface area contributed by atoms with E-state index in [0.717, 1.165) is 6.42 Å². The van der Waals surface area contributed by atoms with Crippen molar-refractivity contribution in [3.8, 4) is 0 Å². The first-order valence-electron chi connectivity index (χ1n) is 15.9. The summed E-state index contributed by atoms with van der Waals surface area (Å²) in [5, 5.41) is 10.3. The molecular formula is C34H53N5O6. The fourth-order valence-corrected chi connectivity index (χ4v) is 4.69. The predicted octanol–water partition coefficient (Wildman–Crippen LogP) is 3.09. The molecule has 0 fully saturated rings. The highest BCUT2D eigenvalue weighted by molar-refractivity contribution is 6.38. The first-order valence-corrected chi connectivity index (χ1v) is 15.9. The number of allylic oxidation sites excluding steroid dienone is 2. The lowest BCUT2D eigenvalue weighted by atomic mass is 9.90. The Labute approximate surface area is 267 Å². The van der Waals surface area contributed by atoms with Gasteiger partial charge in [0.05, 0.1) is 12.6 Å². The van der Waals surface area contributed by atoms with Gasteiger partial charge in [0.15, 0.2) is 0 Å². The summed E-state index contributed by atoms with van der Waals surface area (Å²) in [6.07, 6.45) is 6.54. The summed E-state index contributed by atoms with van der Waals surface area (Å²) < 4.78 is 0. The van der Waals surface area contributed by atoms with Crippen LogP contribution >= 0.6 is 0 Å². The molecule has 11 nitrogen and oxygen atoms in total. The monoisotopic (exact) mass is 627 g/mol. The second kappa shape index (κ2) is 20.1. The number of hydrogen-bond acceptors (Lipinski definition) is 6. The first-order chi connectivity index (χ1) is 21.2. The summed E-state index contributed by atoms with van der Waals surface area (Å²) in [5.41, 5.74) is 5.90. The molecule has 45 heavy (non-hydrogen) atoms. The highest BCUT2D eigenvalue weighted by Gasteiger charge is 2.32. The third kappa shape index (κ3) is 14.5. The van der Waals surface area contributed by atoms with Gasteiger partial charge in [-0.15, -0.1) is 0 Å². The molecule has 0 saturated carbocycles. The number of hydrogen-bond donors (Lipinski definition) is 5. The minimum absolute atomic E-state index is 0.0396. The molecule has 0 aromatic heterocycles. The maximum absolute atomic E-state index is 13.4. The smallest absolute Gasteiger partial charge is 0.290 e. The van der Waals surface area contributed by atoms with Gasteiger partial charge in [0.1, 0.15) is 12.1 Å². The SMILES string of the molecule is CCCC(NC(=O)[C@H](CC(C)C)NC(=O)[C@H](C/C=C/CC(C)C)C(C)C)C(=O)C(=O)NCC(=O)N[C@H](C(N)=O)c1ccccc1. The number of primary amides is 1. The van der Waals surface area contributed by atoms with Crippen molar-refractivity contribution >= 4 is 35.3 Å². The zero-order valence-electron chi connectivity index (χ0n) is 27.9.